The van der Waals surface area contributed by atoms with Crippen LogP contribution in [-0.4, -0.2) is 33.1 Å². The summed E-state index contributed by atoms with van der Waals surface area (Å²) in [6, 6.07) is 28.5. The number of rotatable bonds is 7. The van der Waals surface area contributed by atoms with Crippen LogP contribution in [0.1, 0.15) is 5.56 Å². The van der Waals surface area contributed by atoms with Crippen molar-refractivity contribution >= 4 is 17.2 Å². The lowest BCUT2D eigenvalue weighted by Gasteiger charge is -2.09. The van der Waals surface area contributed by atoms with Gasteiger partial charge in [0.1, 0.15) is 30.3 Å². The van der Waals surface area contributed by atoms with Crippen molar-refractivity contribution in [2.45, 2.75) is 0 Å². The van der Waals surface area contributed by atoms with Gasteiger partial charge < -0.3 is 43.6 Å². The van der Waals surface area contributed by atoms with Crippen LogP contribution in [0.5, 0.6) is 5.75 Å². The predicted molar refractivity (Wildman–Crippen MR) is 111 cm³/mol. The maximum absolute atomic E-state index is 5.79. The van der Waals surface area contributed by atoms with E-state index in [0.717, 1.165) is 35.1 Å². The van der Waals surface area contributed by atoms with E-state index >= 15 is 0 Å². The zero-order valence-electron chi connectivity index (χ0n) is 16.7. The number of anilines is 1. The summed E-state index contributed by atoms with van der Waals surface area (Å²) in [5, 5.41) is 3.48. The maximum atomic E-state index is 5.79. The highest BCUT2D eigenvalue weighted by atomic mass is 79.9. The lowest BCUT2D eigenvalue weighted by molar-refractivity contribution is -0.858. The number of ether oxygens (including phenoxy) is 1. The van der Waals surface area contributed by atoms with Crippen molar-refractivity contribution in [2.75, 3.05) is 32.6 Å². The molecule has 0 fully saturated rings. The van der Waals surface area contributed by atoms with Crippen molar-refractivity contribution in [2.24, 2.45) is 0 Å². The number of amidine groups is 1. The molecule has 3 aromatic rings. The fraction of sp³-hybridized carbons (Fsp3) is 0.174. The quantitative estimate of drug-likeness (QED) is 0.217. The van der Waals surface area contributed by atoms with E-state index in [1.165, 1.54) is 4.90 Å². The van der Waals surface area contributed by atoms with E-state index in [0.29, 0.717) is 6.61 Å². The number of likely N-dealkylation sites (N-methyl/N-ethyl adjacent to an activating group) is 1. The van der Waals surface area contributed by atoms with Crippen LogP contribution in [-0.2, 0) is 0 Å². The number of benzene rings is 3. The molecule has 0 atom stereocenters. The third-order valence-corrected chi connectivity index (χ3v) is 4.10. The summed E-state index contributed by atoms with van der Waals surface area (Å²) in [4.78, 5) is 4.87. The maximum Gasteiger partial charge on any atom is 0.285 e. The Kier molecular flexibility index (Phi) is 11.3. The molecule has 0 heterocycles. The molecule has 0 aliphatic rings. The van der Waals surface area contributed by atoms with Gasteiger partial charge in [0, 0.05) is 0 Å². The van der Waals surface area contributed by atoms with Crippen molar-refractivity contribution in [1.82, 2.24) is 0 Å². The first-order valence-corrected chi connectivity index (χ1v) is 9.24. The molecule has 0 aliphatic heterocycles. The van der Waals surface area contributed by atoms with E-state index in [1.54, 1.807) is 0 Å². The number of nitrogens with one attached hydrogen (secondary N) is 3. The van der Waals surface area contributed by atoms with Crippen LogP contribution in [0.2, 0.25) is 0 Å². The minimum atomic E-state index is 0. The van der Waals surface area contributed by atoms with Gasteiger partial charge >= 0.3 is 0 Å². The fourth-order valence-corrected chi connectivity index (χ4v) is 2.60. The van der Waals surface area contributed by atoms with Gasteiger partial charge in [-0.25, -0.2) is 10.3 Å². The summed E-state index contributed by atoms with van der Waals surface area (Å²) in [7, 11) is 4.24. The number of hydrogen-bond donors (Lipinski definition) is 3. The molecule has 0 saturated carbocycles. The Balaban J connectivity index is 0.00000210. The average molecular weight is 521 g/mol. The molecule has 0 bridgehead atoms. The van der Waals surface area contributed by atoms with Crippen molar-refractivity contribution in [1.29, 1.82) is 0 Å². The highest BCUT2D eigenvalue weighted by Crippen LogP contribution is 2.12. The van der Waals surface area contributed by atoms with Gasteiger partial charge in [0.25, 0.3) is 5.84 Å². The molecule has 0 unspecified atom stereocenters. The highest BCUT2D eigenvalue weighted by Gasteiger charge is 2.11. The third kappa shape index (κ3) is 8.40. The molecule has 0 saturated heterocycles. The van der Waals surface area contributed by atoms with Crippen molar-refractivity contribution in [3.05, 3.63) is 90.5 Å². The van der Waals surface area contributed by atoms with E-state index in [2.05, 4.69) is 36.5 Å². The topological polar surface area (TPSA) is 39.7 Å². The molecule has 0 radical (unpaired) electrons. The second-order valence-corrected chi connectivity index (χ2v) is 6.69. The van der Waals surface area contributed by atoms with Gasteiger partial charge in [-0.05, 0) is 48.5 Å². The lowest BCUT2D eigenvalue weighted by atomic mass is 10.2. The summed E-state index contributed by atoms with van der Waals surface area (Å²) in [6.45, 7) is 1.69. The summed E-state index contributed by atoms with van der Waals surface area (Å²) >= 11 is 0. The summed E-state index contributed by atoms with van der Waals surface area (Å²) in [5.74, 6) is 1.82. The summed E-state index contributed by atoms with van der Waals surface area (Å²) in [6.07, 6.45) is 0. The average Bonchev–Trinajstić information content (AvgIpc) is 2.70. The Bertz CT molecular complexity index is 854. The molecule has 0 aromatic heterocycles. The van der Waals surface area contributed by atoms with E-state index in [9.17, 15) is 0 Å². The molecule has 0 amide bonds. The molecule has 4 nitrogen and oxygen atoms in total. The molecule has 3 aromatic carbocycles. The van der Waals surface area contributed by atoms with Crippen LogP contribution < -0.4 is 53.9 Å². The molecule has 6 heteroatoms. The normalized spacial score (nSPS) is 10.7. The van der Waals surface area contributed by atoms with Crippen molar-refractivity contribution in [3.8, 4) is 5.75 Å². The monoisotopic (exact) mass is 519 g/mol. The van der Waals surface area contributed by atoms with Crippen LogP contribution in [0.15, 0.2) is 84.9 Å². The highest BCUT2D eigenvalue weighted by molar-refractivity contribution is 6.04. The first kappa shape index (κ1) is 24.9. The van der Waals surface area contributed by atoms with Gasteiger partial charge in [-0.15, -0.1) is 0 Å². The zero-order valence-corrected chi connectivity index (χ0v) is 19.8. The Morgan fingerprint density at radius 3 is 2.00 bits per heavy atom. The second-order valence-electron chi connectivity index (χ2n) is 6.69. The molecule has 154 valence electrons. The van der Waals surface area contributed by atoms with Crippen LogP contribution in [0.3, 0.4) is 0 Å². The number of quaternary nitrogens is 1. The largest absolute Gasteiger partial charge is 1.00 e. The Morgan fingerprint density at radius 1 is 0.828 bits per heavy atom. The van der Waals surface area contributed by atoms with E-state index in [4.69, 9.17) is 4.74 Å². The Labute approximate surface area is 194 Å². The fourth-order valence-electron chi connectivity index (χ4n) is 2.60. The van der Waals surface area contributed by atoms with E-state index in [1.807, 2.05) is 72.8 Å². The van der Waals surface area contributed by atoms with Gasteiger partial charge in [-0.2, -0.15) is 0 Å². The van der Waals surface area contributed by atoms with Gasteiger partial charge in [0.2, 0.25) is 0 Å². The standard InChI is InChI=1S/C23H25N3O.2BrH/c1-26(2)17-18-27-22-15-13-21(14-16-22)25-23(19-9-5-3-6-10-19)24-20-11-7-4-8-12-20;;/h3-16H,17-18H2,1-2H3,(H,24,25);2*1H. The first-order valence-electron chi connectivity index (χ1n) is 9.24. The molecular formula is C23H27Br2N3O. The summed E-state index contributed by atoms with van der Waals surface area (Å²) < 4.78 is 5.79. The van der Waals surface area contributed by atoms with Crippen LogP contribution >= 0.6 is 0 Å². The number of halogens is 2. The minimum Gasteiger partial charge on any atom is -1.00 e. The number of hydrogen-bond acceptors (Lipinski definition) is 1. The minimum absolute atomic E-state index is 0. The predicted octanol–water partition coefficient (Wildman–Crippen LogP) is -4.51. The van der Waals surface area contributed by atoms with Crippen LogP contribution in [0.25, 0.3) is 0 Å². The van der Waals surface area contributed by atoms with Gasteiger partial charge in [0.05, 0.1) is 19.7 Å². The SMILES string of the molecule is C[NH+](C)CCOc1ccc([NH+]=C(Nc2ccccc2)c2ccccc2)cc1.[Br-].[Br-]. The van der Waals surface area contributed by atoms with Crippen LogP contribution in [0, 0.1) is 0 Å². The summed E-state index contributed by atoms with van der Waals surface area (Å²) in [5.41, 5.74) is 3.13. The molecule has 3 rings (SSSR count). The van der Waals surface area contributed by atoms with Gasteiger partial charge in [0.15, 0.2) is 0 Å². The van der Waals surface area contributed by atoms with Gasteiger partial charge in [-0.3, -0.25) is 0 Å². The zero-order chi connectivity index (χ0) is 18.9. The van der Waals surface area contributed by atoms with Crippen molar-refractivity contribution < 1.29 is 48.6 Å². The third-order valence-electron chi connectivity index (χ3n) is 4.10. The molecule has 0 spiro atoms. The smallest absolute Gasteiger partial charge is 0.285 e. The molecule has 3 N–H and O–H groups in total. The lowest BCUT2D eigenvalue weighted by Crippen LogP contribution is -3.06. The van der Waals surface area contributed by atoms with Gasteiger partial charge in [-0.1, -0.05) is 36.4 Å². The Morgan fingerprint density at radius 2 is 1.41 bits per heavy atom. The van der Waals surface area contributed by atoms with E-state index < -0.39 is 0 Å². The first-order chi connectivity index (χ1) is 13.2. The van der Waals surface area contributed by atoms with E-state index in [-0.39, 0.29) is 34.0 Å². The second kappa shape index (κ2) is 13.1. The molecular weight excluding hydrogens is 494 g/mol. The number of para-hydroxylation sites is 1. The van der Waals surface area contributed by atoms with Crippen molar-refractivity contribution in [3.63, 3.8) is 0 Å². The van der Waals surface area contributed by atoms with Crippen LogP contribution in [0.4, 0.5) is 11.4 Å². The Hall–Kier alpha value is -2.15. The molecule has 29 heavy (non-hydrogen) atoms. The molecule has 0 aliphatic carbocycles.